The van der Waals surface area contributed by atoms with Gasteiger partial charge in [-0.2, -0.15) is 0 Å². The van der Waals surface area contributed by atoms with E-state index >= 15 is 0 Å². The summed E-state index contributed by atoms with van der Waals surface area (Å²) in [6.45, 7) is 4.10. The van der Waals surface area contributed by atoms with Crippen molar-refractivity contribution in [1.29, 1.82) is 0 Å². The number of halogens is 2. The number of nitrogens with zero attached hydrogens (tertiary/aromatic N) is 3. The SMILES string of the molecule is COc1ccc(Nc2c(Cl)nnc3cc(OC)c(NC(=O)/C=C/CCN4C=CCC(C)C4)cc23)cc1F. The molecule has 1 aliphatic rings. The highest BCUT2D eigenvalue weighted by atomic mass is 35.5. The van der Waals surface area contributed by atoms with Gasteiger partial charge in [0.15, 0.2) is 16.7 Å². The second-order valence-electron chi connectivity index (χ2n) is 8.81. The predicted octanol–water partition coefficient (Wildman–Crippen LogP) is 5.92. The second-order valence-corrected chi connectivity index (χ2v) is 9.17. The summed E-state index contributed by atoms with van der Waals surface area (Å²) in [5.41, 5.74) is 1.77. The molecule has 1 unspecified atom stereocenters. The van der Waals surface area contributed by atoms with Crippen LogP contribution in [-0.2, 0) is 4.79 Å². The molecule has 0 saturated heterocycles. The summed E-state index contributed by atoms with van der Waals surface area (Å²) in [7, 11) is 2.90. The molecule has 37 heavy (non-hydrogen) atoms. The molecular formula is C27H29ClFN5O3. The zero-order chi connectivity index (χ0) is 26.4. The average molecular weight is 526 g/mol. The maximum Gasteiger partial charge on any atom is 0.248 e. The van der Waals surface area contributed by atoms with Gasteiger partial charge >= 0.3 is 0 Å². The van der Waals surface area contributed by atoms with E-state index in [9.17, 15) is 9.18 Å². The number of allylic oxidation sites excluding steroid dienone is 1. The minimum absolute atomic E-state index is 0.0900. The Morgan fingerprint density at radius 2 is 2.03 bits per heavy atom. The van der Waals surface area contributed by atoms with Gasteiger partial charge in [-0.15, -0.1) is 10.2 Å². The first-order valence-electron chi connectivity index (χ1n) is 11.9. The second kappa shape index (κ2) is 11.9. The molecule has 2 aromatic carbocycles. The number of methoxy groups -OCH3 is 2. The lowest BCUT2D eigenvalue weighted by atomic mass is 10.0. The molecule has 0 radical (unpaired) electrons. The fraction of sp³-hybridized carbons (Fsp3) is 0.296. The van der Waals surface area contributed by atoms with Crippen molar-refractivity contribution in [3.8, 4) is 11.5 Å². The van der Waals surface area contributed by atoms with E-state index in [2.05, 4.69) is 44.9 Å². The number of amides is 1. The maximum absolute atomic E-state index is 14.2. The molecule has 0 fully saturated rings. The Morgan fingerprint density at radius 3 is 2.76 bits per heavy atom. The van der Waals surface area contributed by atoms with Crippen LogP contribution in [0.5, 0.6) is 11.5 Å². The smallest absolute Gasteiger partial charge is 0.248 e. The fourth-order valence-corrected chi connectivity index (χ4v) is 4.32. The number of hydrogen-bond acceptors (Lipinski definition) is 7. The molecule has 0 spiro atoms. The number of carbonyl (C=O) groups is 1. The van der Waals surface area contributed by atoms with Gasteiger partial charge < -0.3 is 25.0 Å². The summed E-state index contributed by atoms with van der Waals surface area (Å²) in [4.78, 5) is 14.9. The first-order valence-corrected chi connectivity index (χ1v) is 12.3. The minimum Gasteiger partial charge on any atom is -0.494 e. The van der Waals surface area contributed by atoms with E-state index in [0.717, 1.165) is 25.9 Å². The van der Waals surface area contributed by atoms with Gasteiger partial charge in [0.05, 0.1) is 31.1 Å². The van der Waals surface area contributed by atoms with E-state index in [0.29, 0.717) is 39.6 Å². The molecule has 194 valence electrons. The van der Waals surface area contributed by atoms with Gasteiger partial charge in [-0.05, 0) is 49.2 Å². The number of benzene rings is 2. The van der Waals surface area contributed by atoms with Crippen LogP contribution in [0.3, 0.4) is 0 Å². The number of carbonyl (C=O) groups excluding carboxylic acids is 1. The number of hydrogen-bond donors (Lipinski definition) is 2. The van der Waals surface area contributed by atoms with E-state index in [1.165, 1.54) is 32.4 Å². The Bertz CT molecular complexity index is 1350. The van der Waals surface area contributed by atoms with Crippen molar-refractivity contribution in [2.75, 3.05) is 37.9 Å². The largest absolute Gasteiger partial charge is 0.494 e. The van der Waals surface area contributed by atoms with Crippen LogP contribution in [-0.4, -0.2) is 48.3 Å². The lowest BCUT2D eigenvalue weighted by Gasteiger charge is -2.27. The zero-order valence-corrected chi connectivity index (χ0v) is 21.7. The highest BCUT2D eigenvalue weighted by Gasteiger charge is 2.16. The third-order valence-electron chi connectivity index (χ3n) is 5.97. The topological polar surface area (TPSA) is 88.6 Å². The fourth-order valence-electron chi connectivity index (χ4n) is 4.13. The number of aromatic nitrogens is 2. The zero-order valence-electron chi connectivity index (χ0n) is 20.9. The van der Waals surface area contributed by atoms with Crippen LogP contribution >= 0.6 is 11.6 Å². The van der Waals surface area contributed by atoms with E-state index in [4.69, 9.17) is 21.1 Å². The Labute approximate surface area is 220 Å². The van der Waals surface area contributed by atoms with E-state index in [1.807, 2.05) is 6.08 Å². The summed E-state index contributed by atoms with van der Waals surface area (Å²) in [6.07, 6.45) is 9.51. The van der Waals surface area contributed by atoms with Crippen LogP contribution in [0.1, 0.15) is 19.8 Å². The Morgan fingerprint density at radius 1 is 1.22 bits per heavy atom. The molecule has 8 nitrogen and oxygen atoms in total. The van der Waals surface area contributed by atoms with E-state index in [-0.39, 0.29) is 16.8 Å². The van der Waals surface area contributed by atoms with Gasteiger partial charge in [0.2, 0.25) is 5.91 Å². The molecule has 0 aliphatic carbocycles. The summed E-state index contributed by atoms with van der Waals surface area (Å²) >= 11 is 6.35. The Kier molecular flexibility index (Phi) is 8.45. The average Bonchev–Trinajstić information content (AvgIpc) is 2.88. The standard InChI is InChI=1S/C27H29ClFN5O3/c1-17-7-6-12-34(16-17)11-5-4-8-25(35)31-22-14-19-21(15-24(22)37-3)32-33-27(28)26(19)30-18-9-10-23(36-2)20(29)13-18/h4,6,8-10,12-15,17H,5,7,11,16H2,1-3H3,(H,30,32)(H,31,35)/b8-4+. The summed E-state index contributed by atoms with van der Waals surface area (Å²) in [5.74, 6) is 0.361. The van der Waals surface area contributed by atoms with Gasteiger partial charge in [-0.3, -0.25) is 4.79 Å². The van der Waals surface area contributed by atoms with Crippen molar-refractivity contribution in [2.24, 2.45) is 5.92 Å². The van der Waals surface area contributed by atoms with Crippen LogP contribution in [0.2, 0.25) is 5.15 Å². The first kappa shape index (κ1) is 26.2. The molecule has 2 heterocycles. The van der Waals surface area contributed by atoms with Crippen LogP contribution in [0.4, 0.5) is 21.5 Å². The lowest BCUT2D eigenvalue weighted by molar-refractivity contribution is -0.111. The van der Waals surface area contributed by atoms with Crippen molar-refractivity contribution in [1.82, 2.24) is 15.1 Å². The molecule has 3 aromatic rings. The summed E-state index contributed by atoms with van der Waals surface area (Å²) in [5, 5.41) is 14.7. The van der Waals surface area contributed by atoms with Crippen molar-refractivity contribution in [3.63, 3.8) is 0 Å². The number of nitrogens with one attached hydrogen (secondary N) is 2. The molecule has 0 saturated carbocycles. The number of fused-ring (bicyclic) bond motifs is 1. The number of anilines is 3. The molecule has 4 rings (SSSR count). The molecule has 10 heteroatoms. The number of rotatable bonds is 9. The van der Waals surface area contributed by atoms with Crippen molar-refractivity contribution >= 4 is 45.5 Å². The molecule has 1 aromatic heterocycles. The first-order chi connectivity index (χ1) is 17.9. The molecule has 1 amide bonds. The molecule has 0 bridgehead atoms. The monoisotopic (exact) mass is 525 g/mol. The third-order valence-corrected chi connectivity index (χ3v) is 6.24. The van der Waals surface area contributed by atoms with Gasteiger partial charge in [0, 0.05) is 36.3 Å². The highest BCUT2D eigenvalue weighted by molar-refractivity contribution is 6.33. The Hall–Kier alpha value is -3.85. The summed E-state index contributed by atoms with van der Waals surface area (Å²) in [6, 6.07) is 7.80. The van der Waals surface area contributed by atoms with Crippen LogP contribution in [0.15, 0.2) is 54.8 Å². The van der Waals surface area contributed by atoms with Gasteiger partial charge in [-0.25, -0.2) is 4.39 Å². The van der Waals surface area contributed by atoms with Crippen LogP contribution < -0.4 is 20.1 Å². The molecule has 1 aliphatic heterocycles. The predicted molar refractivity (Wildman–Crippen MR) is 144 cm³/mol. The van der Waals surface area contributed by atoms with Crippen molar-refractivity contribution in [2.45, 2.75) is 19.8 Å². The van der Waals surface area contributed by atoms with Crippen LogP contribution in [0, 0.1) is 11.7 Å². The van der Waals surface area contributed by atoms with Gasteiger partial charge in [0.25, 0.3) is 0 Å². The maximum atomic E-state index is 14.2. The van der Waals surface area contributed by atoms with Gasteiger partial charge in [-0.1, -0.05) is 30.7 Å². The normalized spacial score (nSPS) is 15.3. The van der Waals surface area contributed by atoms with E-state index < -0.39 is 5.82 Å². The summed E-state index contributed by atoms with van der Waals surface area (Å²) < 4.78 is 24.7. The minimum atomic E-state index is -0.526. The molecule has 1 atom stereocenters. The highest BCUT2D eigenvalue weighted by Crippen LogP contribution is 2.37. The van der Waals surface area contributed by atoms with Crippen molar-refractivity contribution < 1.29 is 18.7 Å². The molecular weight excluding hydrogens is 497 g/mol. The van der Waals surface area contributed by atoms with Crippen LogP contribution in [0.25, 0.3) is 10.9 Å². The third kappa shape index (κ3) is 6.48. The quantitative estimate of drug-likeness (QED) is 0.335. The lowest BCUT2D eigenvalue weighted by Crippen LogP contribution is -2.27. The number of ether oxygens (including phenoxy) is 2. The Balaban J connectivity index is 1.53. The van der Waals surface area contributed by atoms with Crippen molar-refractivity contribution in [3.05, 3.63) is 65.7 Å². The van der Waals surface area contributed by atoms with Gasteiger partial charge in [0.1, 0.15) is 5.75 Å². The van der Waals surface area contributed by atoms with E-state index in [1.54, 1.807) is 18.2 Å². The molecule has 2 N–H and O–H groups in total.